The minimum Gasteiger partial charge on any atom is -0.464 e. The fourth-order valence-corrected chi connectivity index (χ4v) is 4.20. The van der Waals surface area contributed by atoms with E-state index < -0.39 is 0 Å². The number of hydrogen-bond donors (Lipinski definition) is 1. The number of furan rings is 1. The van der Waals surface area contributed by atoms with Crippen LogP contribution in [0.5, 0.6) is 0 Å². The van der Waals surface area contributed by atoms with Gasteiger partial charge in [0.2, 0.25) is 0 Å². The number of halogens is 1. The lowest BCUT2D eigenvalue weighted by Crippen LogP contribution is -2.20. The van der Waals surface area contributed by atoms with Crippen molar-refractivity contribution in [3.8, 4) is 0 Å². The lowest BCUT2D eigenvalue weighted by molar-refractivity contribution is 0.301. The summed E-state index contributed by atoms with van der Waals surface area (Å²) in [4.78, 5) is 7.86. The predicted octanol–water partition coefficient (Wildman–Crippen LogP) is 3.56. The van der Waals surface area contributed by atoms with Gasteiger partial charge in [-0.1, -0.05) is 23.4 Å². The van der Waals surface area contributed by atoms with Gasteiger partial charge < -0.3 is 14.4 Å². The molecule has 1 aromatic carbocycles. The maximum Gasteiger partial charge on any atom is 0.168 e. The van der Waals surface area contributed by atoms with Gasteiger partial charge in [0.05, 0.1) is 23.5 Å². The Balaban J connectivity index is 1.92. The normalized spacial score (nSPS) is 17.8. The van der Waals surface area contributed by atoms with Crippen molar-refractivity contribution in [3.63, 3.8) is 0 Å². The second kappa shape index (κ2) is 5.09. The number of rotatable bonds is 3. The van der Waals surface area contributed by atoms with E-state index in [0.29, 0.717) is 11.4 Å². The van der Waals surface area contributed by atoms with Gasteiger partial charge in [-0.2, -0.15) is 0 Å². The Morgan fingerprint density at radius 3 is 3.14 bits per heavy atom. The monoisotopic (exact) mass is 320 g/mol. The molecule has 2 aromatic rings. The highest BCUT2D eigenvalue weighted by Gasteiger charge is 2.33. The van der Waals surface area contributed by atoms with Crippen LogP contribution in [0.4, 0.5) is 0 Å². The van der Waals surface area contributed by atoms with E-state index in [0.717, 1.165) is 45.4 Å². The Kier molecular flexibility index (Phi) is 3.21. The van der Waals surface area contributed by atoms with E-state index in [1.54, 1.807) is 18.0 Å². The molecule has 0 saturated carbocycles. The smallest absolute Gasteiger partial charge is 0.168 e. The maximum atomic E-state index is 9.32. The number of benzene rings is 1. The average Bonchev–Trinajstić information content (AvgIpc) is 3.15. The third-order valence-corrected chi connectivity index (χ3v) is 5.21. The molecule has 0 fully saturated rings. The van der Waals surface area contributed by atoms with Gasteiger partial charge >= 0.3 is 0 Å². The standard InChI is InChI=1S/C15H13ClN2O2S/c16-11-2-1-10(14-9(11)4-8-20-14)13-12(3-7-19)21-15-17-5-6-18(13)15/h1-2,4,8,19H,3,5-7H2. The lowest BCUT2D eigenvalue weighted by atomic mass is 10.1. The summed E-state index contributed by atoms with van der Waals surface area (Å²) in [5, 5.41) is 11.9. The Labute approximate surface area is 131 Å². The molecule has 0 bridgehead atoms. The lowest BCUT2D eigenvalue weighted by Gasteiger charge is -2.17. The van der Waals surface area contributed by atoms with Crippen molar-refractivity contribution in [1.82, 2.24) is 4.90 Å². The van der Waals surface area contributed by atoms with Crippen LogP contribution in [0.2, 0.25) is 5.02 Å². The summed E-state index contributed by atoms with van der Waals surface area (Å²) >= 11 is 7.87. The van der Waals surface area contributed by atoms with E-state index in [-0.39, 0.29) is 6.61 Å². The van der Waals surface area contributed by atoms with Crippen molar-refractivity contribution in [3.05, 3.63) is 40.0 Å². The van der Waals surface area contributed by atoms with Crippen LogP contribution in [-0.2, 0) is 0 Å². The van der Waals surface area contributed by atoms with Crippen molar-refractivity contribution in [1.29, 1.82) is 0 Å². The predicted molar refractivity (Wildman–Crippen MR) is 86.4 cm³/mol. The molecule has 0 spiro atoms. The fraction of sp³-hybridized carbons (Fsp3) is 0.267. The molecule has 2 aliphatic heterocycles. The fourth-order valence-electron chi connectivity index (χ4n) is 2.81. The van der Waals surface area contributed by atoms with E-state index in [1.807, 2.05) is 18.2 Å². The minimum absolute atomic E-state index is 0.127. The van der Waals surface area contributed by atoms with Crippen LogP contribution in [0.1, 0.15) is 12.0 Å². The van der Waals surface area contributed by atoms with Gasteiger partial charge in [0.25, 0.3) is 0 Å². The minimum atomic E-state index is 0.127. The molecule has 3 heterocycles. The Morgan fingerprint density at radius 2 is 2.29 bits per heavy atom. The summed E-state index contributed by atoms with van der Waals surface area (Å²) in [5.41, 5.74) is 2.91. The molecule has 4 rings (SSSR count). The highest BCUT2D eigenvalue weighted by Crippen LogP contribution is 2.45. The summed E-state index contributed by atoms with van der Waals surface area (Å²) in [6.07, 6.45) is 2.29. The first kappa shape index (κ1) is 13.2. The third-order valence-electron chi connectivity index (χ3n) is 3.71. The Morgan fingerprint density at radius 1 is 1.38 bits per heavy atom. The number of fused-ring (bicyclic) bond motifs is 2. The Hall–Kier alpha value is -1.43. The van der Waals surface area contributed by atoms with Crippen LogP contribution in [0.3, 0.4) is 0 Å². The first-order valence-corrected chi connectivity index (χ1v) is 7.99. The number of amidine groups is 1. The summed E-state index contributed by atoms with van der Waals surface area (Å²) in [5.74, 6) is 0. The molecule has 0 atom stereocenters. The molecule has 0 saturated heterocycles. The van der Waals surface area contributed by atoms with Gasteiger partial charge in [0.15, 0.2) is 5.17 Å². The van der Waals surface area contributed by atoms with Gasteiger partial charge in [-0.25, -0.2) is 0 Å². The van der Waals surface area contributed by atoms with E-state index >= 15 is 0 Å². The zero-order valence-corrected chi connectivity index (χ0v) is 12.7. The van der Waals surface area contributed by atoms with Crippen molar-refractivity contribution < 1.29 is 9.52 Å². The summed E-state index contributed by atoms with van der Waals surface area (Å²) < 4.78 is 5.66. The van der Waals surface area contributed by atoms with E-state index in [2.05, 4.69) is 9.89 Å². The number of nitrogens with zero attached hydrogens (tertiary/aromatic N) is 2. The number of aliphatic hydroxyl groups is 1. The van der Waals surface area contributed by atoms with E-state index in [9.17, 15) is 5.11 Å². The molecule has 1 N–H and O–H groups in total. The number of hydrogen-bond acceptors (Lipinski definition) is 5. The molecule has 0 unspecified atom stereocenters. The maximum absolute atomic E-state index is 9.32. The molecule has 1 aromatic heterocycles. The molecule has 4 nitrogen and oxygen atoms in total. The summed E-state index contributed by atoms with van der Waals surface area (Å²) in [6, 6.07) is 5.77. The molecule has 0 radical (unpaired) electrons. The van der Waals surface area contributed by atoms with Crippen LogP contribution in [0.25, 0.3) is 16.7 Å². The highest BCUT2D eigenvalue weighted by molar-refractivity contribution is 8.17. The van der Waals surface area contributed by atoms with E-state index in [4.69, 9.17) is 16.0 Å². The van der Waals surface area contributed by atoms with Gasteiger partial charge in [-0.05, 0) is 18.2 Å². The largest absolute Gasteiger partial charge is 0.464 e. The summed E-state index contributed by atoms with van der Waals surface area (Å²) in [6.45, 7) is 1.81. The average molecular weight is 321 g/mol. The number of thioether (sulfide) groups is 1. The van der Waals surface area contributed by atoms with Crippen molar-refractivity contribution in [2.75, 3.05) is 19.7 Å². The topological polar surface area (TPSA) is 49.0 Å². The zero-order chi connectivity index (χ0) is 14.4. The van der Waals surface area contributed by atoms with E-state index in [1.165, 1.54) is 0 Å². The molecule has 6 heteroatoms. The molecule has 2 aliphatic rings. The molecular weight excluding hydrogens is 308 g/mol. The molecule has 21 heavy (non-hydrogen) atoms. The second-order valence-corrected chi connectivity index (χ2v) is 6.39. The van der Waals surface area contributed by atoms with Crippen molar-refractivity contribution in [2.45, 2.75) is 6.42 Å². The van der Waals surface area contributed by atoms with Crippen LogP contribution < -0.4 is 0 Å². The zero-order valence-electron chi connectivity index (χ0n) is 11.2. The second-order valence-electron chi connectivity index (χ2n) is 4.92. The van der Waals surface area contributed by atoms with Crippen LogP contribution in [0.15, 0.2) is 38.8 Å². The van der Waals surface area contributed by atoms with Crippen LogP contribution in [-0.4, -0.2) is 34.9 Å². The van der Waals surface area contributed by atoms with Crippen LogP contribution in [0, 0.1) is 0 Å². The molecule has 108 valence electrons. The first-order valence-electron chi connectivity index (χ1n) is 6.79. The molecule has 0 aliphatic carbocycles. The Bertz CT molecular complexity index is 781. The highest BCUT2D eigenvalue weighted by atomic mass is 35.5. The quantitative estimate of drug-likeness (QED) is 0.939. The summed E-state index contributed by atoms with van der Waals surface area (Å²) in [7, 11) is 0. The molecular formula is C15H13ClN2O2S. The van der Waals surface area contributed by atoms with Gasteiger partial charge in [-0.3, -0.25) is 4.99 Å². The van der Waals surface area contributed by atoms with Crippen molar-refractivity contribution in [2.24, 2.45) is 4.99 Å². The molecule has 0 amide bonds. The van der Waals surface area contributed by atoms with Gasteiger partial charge in [0.1, 0.15) is 5.58 Å². The number of aliphatic hydroxyl groups excluding tert-OH is 1. The van der Waals surface area contributed by atoms with Gasteiger partial charge in [-0.15, -0.1) is 0 Å². The SMILES string of the molecule is OCCC1=C(c2ccc(Cl)c3ccoc23)N2CCN=C2S1. The van der Waals surface area contributed by atoms with Gasteiger partial charge in [0, 0.05) is 35.4 Å². The van der Waals surface area contributed by atoms with Crippen molar-refractivity contribution >= 4 is 45.2 Å². The van der Waals surface area contributed by atoms with Crippen LogP contribution >= 0.6 is 23.4 Å². The number of aliphatic imine (C=N–C) groups is 1. The third kappa shape index (κ3) is 1.99. The first-order chi connectivity index (χ1) is 10.3.